The summed E-state index contributed by atoms with van der Waals surface area (Å²) < 4.78 is 0. The van der Waals surface area contributed by atoms with Gasteiger partial charge >= 0.3 is 5.97 Å². The molecule has 1 N–H and O–H groups in total. The highest BCUT2D eigenvalue weighted by Crippen LogP contribution is 2.37. The van der Waals surface area contributed by atoms with Gasteiger partial charge in [-0.2, -0.15) is 0 Å². The standard InChI is InChI=1S/C20H24O2/c1-2-3-4-11-16-20(19(21)22,17-12-7-5-8-13-17)18-14-9-6-10-15-18/h5-10,12-15H,2-4,11,16H2,1H3,(H,21,22). The highest BCUT2D eigenvalue weighted by atomic mass is 16.4. The quantitative estimate of drug-likeness (QED) is 0.694. The van der Waals surface area contributed by atoms with Crippen LogP contribution in [0, 0.1) is 0 Å². The van der Waals surface area contributed by atoms with Crippen LogP contribution in [0.4, 0.5) is 0 Å². The first-order chi connectivity index (χ1) is 10.7. The lowest BCUT2D eigenvalue weighted by Crippen LogP contribution is -2.37. The third-order valence-corrected chi connectivity index (χ3v) is 4.30. The van der Waals surface area contributed by atoms with Crippen molar-refractivity contribution in [1.82, 2.24) is 0 Å². The van der Waals surface area contributed by atoms with Gasteiger partial charge in [0.25, 0.3) is 0 Å². The number of aliphatic carboxylic acids is 1. The Labute approximate surface area is 132 Å². The molecule has 0 aliphatic rings. The average molecular weight is 296 g/mol. The van der Waals surface area contributed by atoms with Crippen molar-refractivity contribution >= 4 is 5.97 Å². The molecule has 2 aromatic carbocycles. The van der Waals surface area contributed by atoms with Crippen molar-refractivity contribution in [1.29, 1.82) is 0 Å². The molecule has 0 atom stereocenters. The maximum absolute atomic E-state index is 12.3. The highest BCUT2D eigenvalue weighted by Gasteiger charge is 2.41. The zero-order valence-electron chi connectivity index (χ0n) is 13.2. The maximum atomic E-state index is 12.3. The Balaban J connectivity index is 2.44. The zero-order chi connectivity index (χ0) is 15.8. The number of carboxylic acids is 1. The molecule has 2 heteroatoms. The van der Waals surface area contributed by atoms with E-state index in [-0.39, 0.29) is 0 Å². The van der Waals surface area contributed by atoms with Gasteiger partial charge in [-0.3, -0.25) is 4.79 Å². The first-order valence-electron chi connectivity index (χ1n) is 8.06. The average Bonchev–Trinajstić information content (AvgIpc) is 2.56. The summed E-state index contributed by atoms with van der Waals surface area (Å²) >= 11 is 0. The van der Waals surface area contributed by atoms with E-state index < -0.39 is 11.4 Å². The van der Waals surface area contributed by atoms with Gasteiger partial charge in [0.15, 0.2) is 0 Å². The normalized spacial score (nSPS) is 11.3. The van der Waals surface area contributed by atoms with Gasteiger partial charge in [-0.25, -0.2) is 0 Å². The molecular formula is C20H24O2. The molecule has 0 bridgehead atoms. The monoisotopic (exact) mass is 296 g/mol. The second-order valence-corrected chi connectivity index (χ2v) is 5.75. The number of hydrogen-bond donors (Lipinski definition) is 1. The van der Waals surface area contributed by atoms with Crippen LogP contribution >= 0.6 is 0 Å². The molecule has 0 spiro atoms. The Morgan fingerprint density at radius 3 is 1.77 bits per heavy atom. The molecule has 0 heterocycles. The Kier molecular flexibility index (Phi) is 5.76. The summed E-state index contributed by atoms with van der Waals surface area (Å²) in [6.45, 7) is 2.17. The van der Waals surface area contributed by atoms with Crippen molar-refractivity contribution in [2.45, 2.75) is 44.4 Å². The fourth-order valence-corrected chi connectivity index (χ4v) is 3.07. The molecule has 22 heavy (non-hydrogen) atoms. The summed E-state index contributed by atoms with van der Waals surface area (Å²) in [4.78, 5) is 12.3. The summed E-state index contributed by atoms with van der Waals surface area (Å²) in [7, 11) is 0. The van der Waals surface area contributed by atoms with E-state index in [4.69, 9.17) is 0 Å². The van der Waals surface area contributed by atoms with E-state index in [1.165, 1.54) is 0 Å². The molecule has 0 aromatic heterocycles. The van der Waals surface area contributed by atoms with Gasteiger partial charge in [0, 0.05) is 0 Å². The van der Waals surface area contributed by atoms with Gasteiger partial charge < -0.3 is 5.11 Å². The van der Waals surface area contributed by atoms with E-state index in [0.717, 1.165) is 36.8 Å². The maximum Gasteiger partial charge on any atom is 0.318 e. The molecule has 0 unspecified atom stereocenters. The van der Waals surface area contributed by atoms with Crippen molar-refractivity contribution in [3.63, 3.8) is 0 Å². The van der Waals surface area contributed by atoms with Gasteiger partial charge in [-0.05, 0) is 17.5 Å². The fraction of sp³-hybridized carbons (Fsp3) is 0.350. The molecule has 116 valence electrons. The first kappa shape index (κ1) is 16.3. The van der Waals surface area contributed by atoms with E-state index in [1.54, 1.807) is 0 Å². The van der Waals surface area contributed by atoms with Crippen molar-refractivity contribution in [2.75, 3.05) is 0 Å². The molecule has 2 nitrogen and oxygen atoms in total. The van der Waals surface area contributed by atoms with E-state index in [0.29, 0.717) is 6.42 Å². The Hall–Kier alpha value is -2.09. The predicted molar refractivity (Wildman–Crippen MR) is 90.1 cm³/mol. The van der Waals surface area contributed by atoms with Crippen LogP contribution < -0.4 is 0 Å². The Bertz CT molecular complexity index is 536. The smallest absolute Gasteiger partial charge is 0.318 e. The van der Waals surface area contributed by atoms with Gasteiger partial charge in [0.2, 0.25) is 0 Å². The van der Waals surface area contributed by atoms with Crippen LogP contribution in [0.2, 0.25) is 0 Å². The topological polar surface area (TPSA) is 37.3 Å². The summed E-state index contributed by atoms with van der Waals surface area (Å²) in [5.74, 6) is -0.763. The molecule has 0 aliphatic heterocycles. The molecule has 0 radical (unpaired) electrons. The van der Waals surface area contributed by atoms with E-state index >= 15 is 0 Å². The van der Waals surface area contributed by atoms with Crippen LogP contribution in [0.5, 0.6) is 0 Å². The summed E-state index contributed by atoms with van der Waals surface area (Å²) in [6, 6.07) is 19.3. The third-order valence-electron chi connectivity index (χ3n) is 4.30. The minimum Gasteiger partial charge on any atom is -0.480 e. The largest absolute Gasteiger partial charge is 0.480 e. The number of carboxylic acid groups (broad SMARTS) is 1. The van der Waals surface area contributed by atoms with Crippen LogP contribution in [0.25, 0.3) is 0 Å². The summed E-state index contributed by atoms with van der Waals surface area (Å²) in [5.41, 5.74) is 0.784. The fourth-order valence-electron chi connectivity index (χ4n) is 3.07. The van der Waals surface area contributed by atoms with Crippen molar-refractivity contribution in [2.24, 2.45) is 0 Å². The van der Waals surface area contributed by atoms with Crippen LogP contribution in [0.1, 0.15) is 50.2 Å². The van der Waals surface area contributed by atoms with Crippen LogP contribution in [-0.2, 0) is 10.2 Å². The molecule has 2 aromatic rings. The minimum absolute atomic E-state index is 0.635. The van der Waals surface area contributed by atoms with Gasteiger partial charge in [-0.1, -0.05) is 93.3 Å². The van der Waals surface area contributed by atoms with Gasteiger partial charge in [-0.15, -0.1) is 0 Å². The summed E-state index contributed by atoms with van der Waals surface area (Å²) in [6.07, 6.45) is 4.93. The predicted octanol–water partition coefficient (Wildman–Crippen LogP) is 5.03. The molecule has 0 amide bonds. The minimum atomic E-state index is -0.948. The second kappa shape index (κ2) is 7.79. The van der Waals surface area contributed by atoms with E-state index in [2.05, 4.69) is 6.92 Å². The summed E-state index contributed by atoms with van der Waals surface area (Å²) in [5, 5.41) is 10.1. The molecule has 0 saturated carbocycles. The first-order valence-corrected chi connectivity index (χ1v) is 8.06. The van der Waals surface area contributed by atoms with Crippen molar-refractivity contribution < 1.29 is 9.90 Å². The molecule has 0 saturated heterocycles. The van der Waals surface area contributed by atoms with Crippen molar-refractivity contribution in [3.8, 4) is 0 Å². The number of unbranched alkanes of at least 4 members (excludes halogenated alkanes) is 3. The SMILES string of the molecule is CCCCCCC(C(=O)O)(c1ccccc1)c1ccccc1. The Morgan fingerprint density at radius 2 is 1.36 bits per heavy atom. The van der Waals surface area contributed by atoms with Crippen molar-refractivity contribution in [3.05, 3.63) is 71.8 Å². The second-order valence-electron chi connectivity index (χ2n) is 5.75. The van der Waals surface area contributed by atoms with Gasteiger partial charge in [0.05, 0.1) is 0 Å². The lowest BCUT2D eigenvalue weighted by atomic mass is 9.71. The van der Waals surface area contributed by atoms with Crippen LogP contribution in [0.3, 0.4) is 0 Å². The van der Waals surface area contributed by atoms with Crippen LogP contribution in [0.15, 0.2) is 60.7 Å². The van der Waals surface area contributed by atoms with E-state index in [9.17, 15) is 9.90 Å². The Morgan fingerprint density at radius 1 is 0.864 bits per heavy atom. The van der Waals surface area contributed by atoms with E-state index in [1.807, 2.05) is 60.7 Å². The molecule has 0 aliphatic carbocycles. The lowest BCUT2D eigenvalue weighted by Gasteiger charge is -2.31. The number of benzene rings is 2. The number of rotatable bonds is 8. The van der Waals surface area contributed by atoms with Gasteiger partial charge in [0.1, 0.15) is 5.41 Å². The third kappa shape index (κ3) is 3.38. The van der Waals surface area contributed by atoms with Crippen LogP contribution in [-0.4, -0.2) is 11.1 Å². The molecular weight excluding hydrogens is 272 g/mol. The molecule has 2 rings (SSSR count). The zero-order valence-corrected chi connectivity index (χ0v) is 13.2. The number of hydrogen-bond acceptors (Lipinski definition) is 1. The highest BCUT2D eigenvalue weighted by molar-refractivity contribution is 5.86. The number of carbonyl (C=O) groups is 1. The molecule has 0 fully saturated rings. The lowest BCUT2D eigenvalue weighted by molar-refractivity contribution is -0.142.